The second-order valence-electron chi connectivity index (χ2n) is 7.42. The molecule has 0 saturated heterocycles. The molecular weight excluding hydrogens is 488 g/mol. The number of benzene rings is 3. The number of para-hydroxylation sites is 2. The molecule has 1 N–H and O–H groups in total. The normalized spacial score (nSPS) is 13.1. The summed E-state index contributed by atoms with van der Waals surface area (Å²) >= 11 is 6.23. The van der Waals surface area contributed by atoms with Gasteiger partial charge in [0.2, 0.25) is 0 Å². The summed E-state index contributed by atoms with van der Waals surface area (Å²) in [6.45, 7) is 0. The third-order valence-corrected chi connectivity index (χ3v) is 5.67. The average Bonchev–Trinajstić information content (AvgIpc) is 3.11. The van der Waals surface area contributed by atoms with Gasteiger partial charge in [-0.25, -0.2) is 9.69 Å². The highest BCUT2D eigenvalue weighted by molar-refractivity contribution is 6.53. The van der Waals surface area contributed by atoms with Crippen LogP contribution in [-0.4, -0.2) is 39.1 Å². The molecule has 0 spiro atoms. The van der Waals surface area contributed by atoms with Crippen molar-refractivity contribution < 1.29 is 33.3 Å². The highest BCUT2D eigenvalue weighted by atomic mass is 35.5. The van der Waals surface area contributed by atoms with Crippen LogP contribution in [0, 0.1) is 0 Å². The van der Waals surface area contributed by atoms with Gasteiger partial charge in [0.15, 0.2) is 11.5 Å². The van der Waals surface area contributed by atoms with Crippen molar-refractivity contribution in [1.82, 2.24) is 0 Å². The SMILES string of the molecule is COc1ccc(N2C(=O)C(Cl)=C(Nc3ccc(C(=O)Oc4ccccc4OC)cc3)C2=O)c(OC)c1. The van der Waals surface area contributed by atoms with Gasteiger partial charge < -0.3 is 24.3 Å². The van der Waals surface area contributed by atoms with Crippen molar-refractivity contribution in [1.29, 1.82) is 0 Å². The Morgan fingerprint density at radius 3 is 2.11 bits per heavy atom. The van der Waals surface area contributed by atoms with E-state index in [4.69, 9.17) is 30.5 Å². The molecule has 0 unspecified atom stereocenters. The summed E-state index contributed by atoms with van der Waals surface area (Å²) in [5, 5.41) is 2.58. The molecule has 3 aromatic rings. The third kappa shape index (κ3) is 4.69. The minimum atomic E-state index is -0.704. The summed E-state index contributed by atoms with van der Waals surface area (Å²) in [6.07, 6.45) is 0. The van der Waals surface area contributed by atoms with Gasteiger partial charge in [-0.3, -0.25) is 9.59 Å². The number of imide groups is 1. The molecule has 10 heteroatoms. The van der Waals surface area contributed by atoms with Gasteiger partial charge in [0, 0.05) is 11.8 Å². The molecule has 0 radical (unpaired) electrons. The predicted octanol–water partition coefficient (Wildman–Crippen LogP) is 4.37. The van der Waals surface area contributed by atoms with Crippen molar-refractivity contribution in [3.05, 3.63) is 83.0 Å². The Labute approximate surface area is 211 Å². The number of nitrogens with one attached hydrogen (secondary N) is 1. The zero-order chi connectivity index (χ0) is 25.8. The molecular formula is C26H21ClN2O7. The maximum Gasteiger partial charge on any atom is 0.343 e. The van der Waals surface area contributed by atoms with Crippen LogP contribution >= 0.6 is 11.6 Å². The summed E-state index contributed by atoms with van der Waals surface area (Å²) in [6, 6.07) is 17.6. The van der Waals surface area contributed by atoms with E-state index in [0.717, 1.165) is 4.90 Å². The van der Waals surface area contributed by atoms with E-state index >= 15 is 0 Å². The Bertz CT molecular complexity index is 1370. The number of hydrogen-bond donors (Lipinski definition) is 1. The number of amides is 2. The van der Waals surface area contributed by atoms with Crippen LogP contribution < -0.4 is 29.2 Å². The van der Waals surface area contributed by atoms with Gasteiger partial charge in [-0.2, -0.15) is 0 Å². The van der Waals surface area contributed by atoms with Gasteiger partial charge >= 0.3 is 5.97 Å². The molecule has 0 aromatic heterocycles. The zero-order valence-electron chi connectivity index (χ0n) is 19.5. The highest BCUT2D eigenvalue weighted by Gasteiger charge is 2.40. The van der Waals surface area contributed by atoms with Crippen molar-refractivity contribution in [3.8, 4) is 23.0 Å². The third-order valence-electron chi connectivity index (χ3n) is 5.32. The first-order chi connectivity index (χ1) is 17.4. The molecule has 0 bridgehead atoms. The number of halogens is 1. The average molecular weight is 509 g/mol. The monoisotopic (exact) mass is 508 g/mol. The summed E-state index contributed by atoms with van der Waals surface area (Å²) in [7, 11) is 4.39. The Morgan fingerprint density at radius 1 is 0.806 bits per heavy atom. The highest BCUT2D eigenvalue weighted by Crippen LogP contribution is 2.37. The lowest BCUT2D eigenvalue weighted by Gasteiger charge is -2.18. The summed E-state index contributed by atoms with van der Waals surface area (Å²) in [4.78, 5) is 39.4. The van der Waals surface area contributed by atoms with E-state index in [2.05, 4.69) is 5.32 Å². The molecule has 2 amide bonds. The van der Waals surface area contributed by atoms with Gasteiger partial charge in [0.05, 0.1) is 32.6 Å². The minimum Gasteiger partial charge on any atom is -0.497 e. The van der Waals surface area contributed by atoms with E-state index in [1.54, 1.807) is 48.5 Å². The van der Waals surface area contributed by atoms with E-state index in [9.17, 15) is 14.4 Å². The molecule has 184 valence electrons. The van der Waals surface area contributed by atoms with Crippen LogP contribution in [0.4, 0.5) is 11.4 Å². The van der Waals surface area contributed by atoms with E-state index in [-0.39, 0.29) is 33.5 Å². The van der Waals surface area contributed by atoms with Crippen molar-refractivity contribution in [2.24, 2.45) is 0 Å². The number of anilines is 2. The number of carbonyl (C=O) groups is 3. The Kier molecular flexibility index (Phi) is 7.12. The van der Waals surface area contributed by atoms with Crippen LogP contribution in [-0.2, 0) is 9.59 Å². The van der Waals surface area contributed by atoms with Gasteiger partial charge in [-0.05, 0) is 48.5 Å². The van der Waals surface area contributed by atoms with Crippen LogP contribution in [0.3, 0.4) is 0 Å². The lowest BCUT2D eigenvalue weighted by molar-refractivity contribution is -0.120. The molecule has 3 aromatic carbocycles. The molecule has 36 heavy (non-hydrogen) atoms. The second-order valence-corrected chi connectivity index (χ2v) is 7.79. The van der Waals surface area contributed by atoms with Crippen LogP contribution in [0.1, 0.15) is 10.4 Å². The first kappa shape index (κ1) is 24.6. The van der Waals surface area contributed by atoms with Gasteiger partial charge in [0.25, 0.3) is 11.8 Å². The van der Waals surface area contributed by atoms with E-state index in [1.807, 2.05) is 0 Å². The number of methoxy groups -OCH3 is 3. The van der Waals surface area contributed by atoms with E-state index in [1.165, 1.54) is 39.5 Å². The number of carbonyl (C=O) groups excluding carboxylic acids is 3. The molecule has 1 aliphatic rings. The maximum absolute atomic E-state index is 13.1. The number of rotatable bonds is 8. The molecule has 0 atom stereocenters. The van der Waals surface area contributed by atoms with Crippen molar-refractivity contribution in [3.63, 3.8) is 0 Å². The molecule has 4 rings (SSSR count). The number of ether oxygens (including phenoxy) is 4. The fourth-order valence-corrected chi connectivity index (χ4v) is 3.71. The fourth-order valence-electron chi connectivity index (χ4n) is 3.50. The van der Waals surface area contributed by atoms with Crippen LogP contribution in [0.25, 0.3) is 0 Å². The van der Waals surface area contributed by atoms with Crippen LogP contribution in [0.2, 0.25) is 0 Å². The Hall–Kier alpha value is -4.50. The quantitative estimate of drug-likeness (QED) is 0.272. The summed E-state index contributed by atoms with van der Waals surface area (Å²) < 4.78 is 21.1. The smallest absolute Gasteiger partial charge is 0.343 e. The minimum absolute atomic E-state index is 0.108. The Balaban J connectivity index is 1.51. The van der Waals surface area contributed by atoms with Gasteiger partial charge in [0.1, 0.15) is 22.2 Å². The number of esters is 1. The van der Waals surface area contributed by atoms with Crippen LogP contribution in [0.15, 0.2) is 77.5 Å². The molecule has 0 saturated carbocycles. The van der Waals surface area contributed by atoms with Crippen molar-refractivity contribution in [2.75, 3.05) is 31.5 Å². The molecule has 0 fully saturated rings. The van der Waals surface area contributed by atoms with Crippen molar-refractivity contribution >= 4 is 40.8 Å². The predicted molar refractivity (Wildman–Crippen MR) is 133 cm³/mol. The zero-order valence-corrected chi connectivity index (χ0v) is 20.3. The molecule has 0 aliphatic carbocycles. The molecule has 1 aliphatic heterocycles. The van der Waals surface area contributed by atoms with Crippen LogP contribution in [0.5, 0.6) is 23.0 Å². The lowest BCUT2D eigenvalue weighted by Crippen LogP contribution is -2.32. The number of nitrogens with zero attached hydrogens (tertiary/aromatic N) is 1. The second kappa shape index (κ2) is 10.4. The van der Waals surface area contributed by atoms with E-state index in [0.29, 0.717) is 17.2 Å². The Morgan fingerprint density at radius 2 is 1.47 bits per heavy atom. The lowest BCUT2D eigenvalue weighted by atomic mass is 10.2. The van der Waals surface area contributed by atoms with Gasteiger partial charge in [-0.1, -0.05) is 23.7 Å². The van der Waals surface area contributed by atoms with Crippen molar-refractivity contribution in [2.45, 2.75) is 0 Å². The summed E-state index contributed by atoms with van der Waals surface area (Å²) in [5.41, 5.74) is 0.813. The van der Waals surface area contributed by atoms with E-state index < -0.39 is 17.8 Å². The standard InChI is InChI=1S/C26H21ClN2O7/c1-33-17-12-13-18(21(14-17)35-3)29-24(30)22(27)23(25(29)31)28-16-10-8-15(9-11-16)26(32)36-20-7-5-4-6-19(20)34-2/h4-14,28H,1-3H3. The summed E-state index contributed by atoms with van der Waals surface area (Å²) in [5.74, 6) is -0.483. The first-order valence-corrected chi connectivity index (χ1v) is 11.0. The molecule has 1 heterocycles. The fraction of sp³-hybridized carbons (Fsp3) is 0.115. The first-order valence-electron chi connectivity index (χ1n) is 10.6. The topological polar surface area (TPSA) is 103 Å². The largest absolute Gasteiger partial charge is 0.497 e. The number of hydrogen-bond acceptors (Lipinski definition) is 8. The van der Waals surface area contributed by atoms with Gasteiger partial charge in [-0.15, -0.1) is 0 Å². The molecule has 9 nitrogen and oxygen atoms in total. The maximum atomic E-state index is 13.1.